The first-order chi connectivity index (χ1) is 12.7. The van der Waals surface area contributed by atoms with E-state index in [-0.39, 0.29) is 11.4 Å². The van der Waals surface area contributed by atoms with E-state index in [1.165, 1.54) is 38.8 Å². The van der Waals surface area contributed by atoms with Crippen molar-refractivity contribution in [1.82, 2.24) is 10.2 Å². The molecule has 2 N–H and O–H groups in total. The van der Waals surface area contributed by atoms with E-state index in [1.807, 2.05) is 12.1 Å². The number of piperidine rings is 3. The number of benzene rings is 1. The number of nitrogens with zero attached hydrogens (tertiary/aromatic N) is 1. The minimum absolute atomic E-state index is 0.0988. The van der Waals surface area contributed by atoms with Crippen LogP contribution in [0.1, 0.15) is 35.4 Å². The van der Waals surface area contributed by atoms with Crippen LogP contribution in [0.5, 0.6) is 5.75 Å². The molecule has 4 fully saturated rings. The molecule has 7 rings (SSSR count). The van der Waals surface area contributed by atoms with Gasteiger partial charge in [-0.2, -0.15) is 0 Å². The van der Waals surface area contributed by atoms with Gasteiger partial charge in [-0.15, -0.1) is 11.3 Å². The number of hydrogen-bond acceptors (Lipinski definition) is 5. The topological polar surface area (TPSA) is 53.6 Å². The Labute approximate surface area is 156 Å². The molecular weight excluding hydrogens is 346 g/mol. The third-order valence-electron chi connectivity index (χ3n) is 6.80. The van der Waals surface area contributed by atoms with Gasteiger partial charge in [0.2, 0.25) is 0 Å². The lowest BCUT2D eigenvalue weighted by Crippen LogP contribution is -2.65. The molecule has 5 nitrogen and oxygen atoms in total. The summed E-state index contributed by atoms with van der Waals surface area (Å²) in [4.78, 5) is 16.5. The van der Waals surface area contributed by atoms with E-state index in [1.54, 1.807) is 11.3 Å². The van der Waals surface area contributed by atoms with Crippen molar-refractivity contribution in [3.63, 3.8) is 0 Å². The summed E-state index contributed by atoms with van der Waals surface area (Å²) in [7, 11) is 0. The lowest BCUT2D eigenvalue weighted by molar-refractivity contribution is -0.00138. The average Bonchev–Trinajstić information content (AvgIpc) is 3.33. The first kappa shape index (κ1) is 15.3. The van der Waals surface area contributed by atoms with Gasteiger partial charge < -0.3 is 15.4 Å². The lowest BCUT2D eigenvalue weighted by Gasteiger charge is -2.52. The summed E-state index contributed by atoms with van der Waals surface area (Å²) < 4.78 is 6.86. The molecule has 5 heterocycles. The average molecular weight is 369 g/mol. The van der Waals surface area contributed by atoms with Crippen molar-refractivity contribution in [2.75, 3.05) is 31.6 Å². The predicted molar refractivity (Wildman–Crippen MR) is 103 cm³/mol. The summed E-state index contributed by atoms with van der Waals surface area (Å²) >= 11 is 1.58. The number of carbonyl (C=O) groups is 1. The first-order valence-corrected chi connectivity index (χ1v) is 10.6. The number of amides is 1. The fourth-order valence-electron chi connectivity index (χ4n) is 5.35. The molecule has 0 radical (unpaired) electrons. The van der Waals surface area contributed by atoms with Crippen LogP contribution in [-0.2, 0) is 0 Å². The maximum Gasteiger partial charge on any atom is 0.261 e. The Morgan fingerprint density at radius 1 is 1.31 bits per heavy atom. The van der Waals surface area contributed by atoms with E-state index in [0.29, 0.717) is 18.6 Å². The van der Waals surface area contributed by atoms with E-state index in [4.69, 9.17) is 4.74 Å². The Morgan fingerprint density at radius 2 is 2.15 bits per heavy atom. The molecule has 5 aliphatic rings. The van der Waals surface area contributed by atoms with E-state index in [9.17, 15) is 4.79 Å². The number of hydrogen-bond donors (Lipinski definition) is 2. The van der Waals surface area contributed by atoms with E-state index < -0.39 is 0 Å². The molecule has 6 heteroatoms. The van der Waals surface area contributed by atoms with E-state index >= 15 is 0 Å². The van der Waals surface area contributed by atoms with Crippen LogP contribution in [0.3, 0.4) is 0 Å². The second kappa shape index (κ2) is 5.36. The number of rotatable bonds is 2. The third kappa shape index (κ3) is 2.09. The Kier molecular flexibility index (Phi) is 3.15. The number of fused-ring (bicyclic) bond motifs is 5. The van der Waals surface area contributed by atoms with Gasteiger partial charge >= 0.3 is 0 Å². The molecule has 2 bridgehead atoms. The fraction of sp³-hybridized carbons (Fsp3) is 0.550. The van der Waals surface area contributed by atoms with Crippen molar-refractivity contribution < 1.29 is 9.53 Å². The Bertz CT molecular complexity index is 896. The molecule has 3 saturated heterocycles. The molecule has 1 saturated carbocycles. The van der Waals surface area contributed by atoms with Gasteiger partial charge in [-0.05, 0) is 68.3 Å². The third-order valence-corrected chi connectivity index (χ3v) is 7.97. The Hall–Kier alpha value is -1.79. The van der Waals surface area contributed by atoms with Crippen LogP contribution in [0, 0.1) is 5.92 Å². The van der Waals surface area contributed by atoms with Gasteiger partial charge in [0, 0.05) is 12.1 Å². The molecule has 0 unspecified atom stereocenters. The van der Waals surface area contributed by atoms with Crippen molar-refractivity contribution >= 4 is 33.0 Å². The predicted octanol–water partition coefficient (Wildman–Crippen LogP) is 3.06. The summed E-state index contributed by atoms with van der Waals surface area (Å²) in [5.41, 5.74) is 1.32. The number of carbonyl (C=O) groups excluding carboxylic acids is 1. The van der Waals surface area contributed by atoms with Gasteiger partial charge in [-0.3, -0.25) is 9.69 Å². The largest absolute Gasteiger partial charge is 0.490 e. The number of anilines is 1. The summed E-state index contributed by atoms with van der Waals surface area (Å²) in [6.45, 7) is 3.95. The summed E-state index contributed by atoms with van der Waals surface area (Å²) in [5, 5.41) is 7.99. The van der Waals surface area contributed by atoms with Gasteiger partial charge in [-0.25, -0.2) is 0 Å². The minimum Gasteiger partial charge on any atom is -0.490 e. The molecule has 26 heavy (non-hydrogen) atoms. The molecule has 1 amide bonds. The van der Waals surface area contributed by atoms with Crippen molar-refractivity contribution in [1.29, 1.82) is 0 Å². The molecule has 1 spiro atoms. The van der Waals surface area contributed by atoms with Crippen LogP contribution in [0.25, 0.3) is 10.1 Å². The Morgan fingerprint density at radius 3 is 2.96 bits per heavy atom. The monoisotopic (exact) mass is 369 g/mol. The van der Waals surface area contributed by atoms with Crippen molar-refractivity contribution in [3.05, 3.63) is 23.1 Å². The highest BCUT2D eigenvalue weighted by Gasteiger charge is 2.60. The fourth-order valence-corrected chi connectivity index (χ4v) is 6.43. The van der Waals surface area contributed by atoms with Gasteiger partial charge in [0.15, 0.2) is 0 Å². The normalized spacial score (nSPS) is 30.5. The molecule has 4 aliphatic heterocycles. The zero-order chi connectivity index (χ0) is 17.3. The highest BCUT2D eigenvalue weighted by atomic mass is 32.1. The number of thiophene rings is 1. The SMILES string of the molecule is O=C(N[C@@H]1C2CCN(CC2)C12CC2)c1cc2ccc3c(c2s1)NCCO3. The second-order valence-corrected chi connectivity index (χ2v) is 9.17. The van der Waals surface area contributed by atoms with Crippen LogP contribution >= 0.6 is 11.3 Å². The molecule has 1 aromatic carbocycles. The summed E-state index contributed by atoms with van der Waals surface area (Å²) in [6.07, 6.45) is 4.95. The minimum atomic E-state index is 0.0988. The highest BCUT2D eigenvalue weighted by molar-refractivity contribution is 7.21. The number of ether oxygens (including phenoxy) is 1. The zero-order valence-electron chi connectivity index (χ0n) is 14.7. The van der Waals surface area contributed by atoms with Crippen LogP contribution in [-0.4, -0.2) is 48.6 Å². The zero-order valence-corrected chi connectivity index (χ0v) is 15.5. The smallest absolute Gasteiger partial charge is 0.261 e. The van der Waals surface area contributed by atoms with Crippen LogP contribution in [0.4, 0.5) is 5.69 Å². The van der Waals surface area contributed by atoms with Gasteiger partial charge in [0.1, 0.15) is 12.4 Å². The second-order valence-electron chi connectivity index (χ2n) is 8.12. The standard InChI is InChI=1S/C20H23N3O2S/c24-19(22-18-12-3-8-23(9-4-12)20(18)5-6-20)15-11-13-1-2-14-16(17(13)26-15)21-7-10-25-14/h1-2,11-12,18,21H,3-10H2,(H,22,24)/t18-/m1/s1. The quantitative estimate of drug-likeness (QED) is 0.854. The maximum atomic E-state index is 13.1. The maximum absolute atomic E-state index is 13.1. The molecule has 136 valence electrons. The molecule has 1 aliphatic carbocycles. The van der Waals surface area contributed by atoms with E-state index in [0.717, 1.165) is 32.9 Å². The summed E-state index contributed by atoms with van der Waals surface area (Å²) in [6, 6.07) is 6.43. The molecule has 1 atom stereocenters. The molecule has 1 aromatic heterocycles. The van der Waals surface area contributed by atoms with Crippen molar-refractivity contribution in [2.24, 2.45) is 5.92 Å². The van der Waals surface area contributed by atoms with Crippen molar-refractivity contribution in [2.45, 2.75) is 37.3 Å². The van der Waals surface area contributed by atoms with Crippen LogP contribution in [0.2, 0.25) is 0 Å². The molecular formula is C20H23N3O2S. The Balaban J connectivity index is 1.31. The summed E-state index contributed by atoms with van der Waals surface area (Å²) in [5.74, 6) is 1.65. The van der Waals surface area contributed by atoms with Crippen LogP contribution in [0.15, 0.2) is 18.2 Å². The highest BCUT2D eigenvalue weighted by Crippen LogP contribution is 2.53. The number of nitrogens with one attached hydrogen (secondary N) is 2. The van der Waals surface area contributed by atoms with Gasteiger partial charge in [0.25, 0.3) is 5.91 Å². The van der Waals surface area contributed by atoms with E-state index in [2.05, 4.69) is 21.6 Å². The van der Waals surface area contributed by atoms with Gasteiger partial charge in [0.05, 0.1) is 21.3 Å². The van der Waals surface area contributed by atoms with Crippen LogP contribution < -0.4 is 15.4 Å². The molecule has 2 aromatic rings. The lowest BCUT2D eigenvalue weighted by atomic mass is 9.77. The van der Waals surface area contributed by atoms with Crippen molar-refractivity contribution in [3.8, 4) is 5.75 Å². The first-order valence-electron chi connectivity index (χ1n) is 9.74. The van der Waals surface area contributed by atoms with Gasteiger partial charge in [-0.1, -0.05) is 0 Å².